The van der Waals surface area contributed by atoms with Crippen LogP contribution in [0.4, 0.5) is 4.39 Å². The smallest absolute Gasteiger partial charge is 0.165 e. The van der Waals surface area contributed by atoms with E-state index in [-0.39, 0.29) is 17.6 Å². The molecule has 1 atom stereocenters. The highest BCUT2D eigenvalue weighted by molar-refractivity contribution is 5.37. The van der Waals surface area contributed by atoms with Crippen LogP contribution in [0, 0.1) is 12.7 Å². The van der Waals surface area contributed by atoms with Crippen molar-refractivity contribution < 1.29 is 9.13 Å². The van der Waals surface area contributed by atoms with E-state index in [0.717, 1.165) is 16.7 Å². The predicted molar refractivity (Wildman–Crippen MR) is 72.8 cm³/mol. The lowest BCUT2D eigenvalue weighted by molar-refractivity contribution is 0.385. The normalized spacial score (nSPS) is 12.2. The van der Waals surface area contributed by atoms with Crippen LogP contribution in [0.1, 0.15) is 22.7 Å². The Morgan fingerprint density at radius 3 is 2.63 bits per heavy atom. The molecule has 0 bridgehead atoms. The number of rotatable bonds is 4. The van der Waals surface area contributed by atoms with Crippen molar-refractivity contribution in [2.75, 3.05) is 14.2 Å². The van der Waals surface area contributed by atoms with Crippen LogP contribution in [0.15, 0.2) is 36.7 Å². The van der Waals surface area contributed by atoms with Gasteiger partial charge in [0, 0.05) is 12.4 Å². The lowest BCUT2D eigenvalue weighted by Gasteiger charge is -2.18. The van der Waals surface area contributed by atoms with Gasteiger partial charge in [0.25, 0.3) is 0 Å². The maximum absolute atomic E-state index is 13.4. The van der Waals surface area contributed by atoms with E-state index < -0.39 is 0 Å². The SMILES string of the molecule is CNC(c1cncc(C)c1)c1ccc(F)c(OC)c1. The molecule has 0 amide bonds. The summed E-state index contributed by atoms with van der Waals surface area (Å²) < 4.78 is 18.5. The molecule has 0 aliphatic rings. The number of benzene rings is 1. The summed E-state index contributed by atoms with van der Waals surface area (Å²) in [5.41, 5.74) is 3.07. The van der Waals surface area contributed by atoms with Crippen LogP contribution in [0.25, 0.3) is 0 Å². The summed E-state index contributed by atoms with van der Waals surface area (Å²) in [6.07, 6.45) is 3.62. The van der Waals surface area contributed by atoms with Crippen molar-refractivity contribution in [2.45, 2.75) is 13.0 Å². The largest absolute Gasteiger partial charge is 0.494 e. The predicted octanol–water partition coefficient (Wildman–Crippen LogP) is 2.85. The van der Waals surface area contributed by atoms with Gasteiger partial charge in [-0.05, 0) is 42.8 Å². The third kappa shape index (κ3) is 2.90. The summed E-state index contributed by atoms with van der Waals surface area (Å²) in [5, 5.41) is 3.21. The number of hydrogen-bond donors (Lipinski definition) is 1. The van der Waals surface area contributed by atoms with Gasteiger partial charge >= 0.3 is 0 Å². The van der Waals surface area contributed by atoms with E-state index in [1.807, 2.05) is 26.4 Å². The Balaban J connectivity index is 2.42. The monoisotopic (exact) mass is 260 g/mol. The number of nitrogens with zero attached hydrogens (tertiary/aromatic N) is 1. The topological polar surface area (TPSA) is 34.2 Å². The highest BCUT2D eigenvalue weighted by Gasteiger charge is 2.14. The maximum atomic E-state index is 13.4. The van der Waals surface area contributed by atoms with Crippen LogP contribution >= 0.6 is 0 Å². The fourth-order valence-corrected chi connectivity index (χ4v) is 2.12. The summed E-state index contributed by atoms with van der Waals surface area (Å²) in [6.45, 7) is 1.99. The van der Waals surface area contributed by atoms with Crippen molar-refractivity contribution >= 4 is 0 Å². The van der Waals surface area contributed by atoms with Gasteiger partial charge in [-0.2, -0.15) is 0 Å². The van der Waals surface area contributed by atoms with E-state index in [1.165, 1.54) is 13.2 Å². The zero-order valence-corrected chi connectivity index (χ0v) is 11.3. The fraction of sp³-hybridized carbons (Fsp3) is 0.267. The number of ether oxygens (including phenoxy) is 1. The van der Waals surface area contributed by atoms with E-state index in [1.54, 1.807) is 12.1 Å². The molecular weight excluding hydrogens is 243 g/mol. The van der Waals surface area contributed by atoms with Gasteiger partial charge in [0.05, 0.1) is 13.2 Å². The first kappa shape index (κ1) is 13.5. The molecule has 0 radical (unpaired) electrons. The van der Waals surface area contributed by atoms with E-state index in [4.69, 9.17) is 4.74 Å². The number of methoxy groups -OCH3 is 1. The van der Waals surface area contributed by atoms with Crippen LogP contribution < -0.4 is 10.1 Å². The van der Waals surface area contributed by atoms with Crippen LogP contribution in [0.3, 0.4) is 0 Å². The molecule has 0 saturated carbocycles. The van der Waals surface area contributed by atoms with Gasteiger partial charge in [0.15, 0.2) is 11.6 Å². The summed E-state index contributed by atoms with van der Waals surface area (Å²) in [5.74, 6) is -0.109. The standard InChI is InChI=1S/C15H17FN2O/c1-10-6-12(9-18-8-10)15(17-2)11-4-5-13(16)14(7-11)19-3/h4-9,15,17H,1-3H3. The van der Waals surface area contributed by atoms with Crippen molar-refractivity contribution in [3.05, 3.63) is 59.2 Å². The van der Waals surface area contributed by atoms with Gasteiger partial charge in [0.2, 0.25) is 0 Å². The Bertz CT molecular complexity index is 572. The van der Waals surface area contributed by atoms with Gasteiger partial charge in [-0.3, -0.25) is 4.98 Å². The number of pyridine rings is 1. The molecule has 1 N–H and O–H groups in total. The molecule has 0 saturated heterocycles. The zero-order valence-electron chi connectivity index (χ0n) is 11.3. The molecule has 3 nitrogen and oxygen atoms in total. The quantitative estimate of drug-likeness (QED) is 0.918. The van der Waals surface area contributed by atoms with E-state index in [0.29, 0.717) is 0 Å². The Kier molecular flexibility index (Phi) is 4.12. The van der Waals surface area contributed by atoms with Crippen molar-refractivity contribution in [3.63, 3.8) is 0 Å². The average Bonchev–Trinajstić information content (AvgIpc) is 2.41. The molecule has 4 heteroatoms. The van der Waals surface area contributed by atoms with Crippen LogP contribution in [-0.4, -0.2) is 19.1 Å². The number of halogens is 1. The minimum Gasteiger partial charge on any atom is -0.494 e. The summed E-state index contributed by atoms with van der Waals surface area (Å²) in [7, 11) is 3.33. The Morgan fingerprint density at radius 1 is 1.21 bits per heavy atom. The third-order valence-corrected chi connectivity index (χ3v) is 3.03. The molecule has 19 heavy (non-hydrogen) atoms. The first-order valence-corrected chi connectivity index (χ1v) is 6.08. The first-order chi connectivity index (χ1) is 9.15. The molecule has 1 aromatic heterocycles. The molecule has 1 heterocycles. The van der Waals surface area contributed by atoms with E-state index in [9.17, 15) is 4.39 Å². The summed E-state index contributed by atoms with van der Waals surface area (Å²) in [4.78, 5) is 4.19. The van der Waals surface area contributed by atoms with E-state index in [2.05, 4.69) is 16.4 Å². The van der Waals surface area contributed by atoms with Gasteiger partial charge in [-0.15, -0.1) is 0 Å². The van der Waals surface area contributed by atoms with Crippen LogP contribution in [0.5, 0.6) is 5.75 Å². The second-order valence-electron chi connectivity index (χ2n) is 4.41. The van der Waals surface area contributed by atoms with Crippen molar-refractivity contribution in [3.8, 4) is 5.75 Å². The minimum atomic E-state index is -0.358. The molecule has 2 rings (SSSR count). The third-order valence-electron chi connectivity index (χ3n) is 3.03. The Hall–Kier alpha value is -1.94. The molecule has 0 spiro atoms. The molecular formula is C15H17FN2O. The summed E-state index contributed by atoms with van der Waals surface area (Å²) >= 11 is 0. The molecule has 0 fully saturated rings. The van der Waals surface area contributed by atoms with Crippen LogP contribution in [-0.2, 0) is 0 Å². The number of aromatic nitrogens is 1. The molecule has 100 valence electrons. The van der Waals surface area contributed by atoms with Crippen molar-refractivity contribution in [2.24, 2.45) is 0 Å². The molecule has 2 aromatic rings. The maximum Gasteiger partial charge on any atom is 0.165 e. The van der Waals surface area contributed by atoms with Crippen molar-refractivity contribution in [1.29, 1.82) is 0 Å². The Labute approximate surface area is 112 Å². The number of aryl methyl sites for hydroxylation is 1. The van der Waals surface area contributed by atoms with E-state index >= 15 is 0 Å². The number of nitrogens with one attached hydrogen (secondary N) is 1. The van der Waals surface area contributed by atoms with Gasteiger partial charge in [-0.1, -0.05) is 12.1 Å². The van der Waals surface area contributed by atoms with Crippen molar-refractivity contribution in [1.82, 2.24) is 10.3 Å². The second kappa shape index (κ2) is 5.80. The molecule has 0 aliphatic carbocycles. The van der Waals surface area contributed by atoms with Gasteiger partial charge in [0.1, 0.15) is 0 Å². The fourth-order valence-electron chi connectivity index (χ4n) is 2.12. The molecule has 1 aromatic carbocycles. The second-order valence-corrected chi connectivity index (χ2v) is 4.41. The number of hydrogen-bond acceptors (Lipinski definition) is 3. The first-order valence-electron chi connectivity index (χ1n) is 6.08. The Morgan fingerprint density at radius 2 is 2.00 bits per heavy atom. The van der Waals surface area contributed by atoms with Gasteiger partial charge in [-0.25, -0.2) is 4.39 Å². The average molecular weight is 260 g/mol. The molecule has 1 unspecified atom stereocenters. The lowest BCUT2D eigenvalue weighted by Crippen LogP contribution is -2.18. The highest BCUT2D eigenvalue weighted by Crippen LogP contribution is 2.26. The minimum absolute atomic E-state index is 0.0399. The lowest BCUT2D eigenvalue weighted by atomic mass is 9.99. The molecule has 0 aliphatic heterocycles. The summed E-state index contributed by atoms with van der Waals surface area (Å²) in [6, 6.07) is 6.90. The highest BCUT2D eigenvalue weighted by atomic mass is 19.1. The van der Waals surface area contributed by atoms with Crippen LogP contribution in [0.2, 0.25) is 0 Å². The van der Waals surface area contributed by atoms with Gasteiger partial charge < -0.3 is 10.1 Å². The zero-order chi connectivity index (χ0) is 13.8.